The van der Waals surface area contributed by atoms with Crippen LogP contribution in [0.1, 0.15) is 16.2 Å². The highest BCUT2D eigenvalue weighted by atomic mass is 16.2. The number of nitrogens with zero attached hydrogens (tertiary/aromatic N) is 3. The normalized spacial score (nSPS) is 11.1. The van der Waals surface area contributed by atoms with Crippen LogP contribution in [-0.4, -0.2) is 22.5 Å². The third-order valence-electron chi connectivity index (χ3n) is 5.75. The number of anilines is 1. The average molecular weight is 419 g/mol. The summed E-state index contributed by atoms with van der Waals surface area (Å²) < 4.78 is 1.57. The standard InChI is InChI=1S/C27H21N3O2/c1-18-28-24-12-6-5-11-23(24)27(32)30(18)21-16-14-20(15-17-21)26(31)29(2)25-13-7-9-19-8-3-4-10-22(19)25/h3-17H,1-2H3. The molecule has 1 aromatic heterocycles. The van der Waals surface area contributed by atoms with Gasteiger partial charge in [-0.2, -0.15) is 0 Å². The van der Waals surface area contributed by atoms with E-state index in [0.717, 1.165) is 16.5 Å². The van der Waals surface area contributed by atoms with Crippen LogP contribution < -0.4 is 10.5 Å². The zero-order chi connectivity index (χ0) is 22.2. The molecule has 156 valence electrons. The van der Waals surface area contributed by atoms with Crippen molar-refractivity contribution >= 4 is 33.3 Å². The largest absolute Gasteiger partial charge is 0.311 e. The van der Waals surface area contributed by atoms with Gasteiger partial charge in [0.05, 0.1) is 22.3 Å². The van der Waals surface area contributed by atoms with Crippen LogP contribution in [-0.2, 0) is 0 Å². The van der Waals surface area contributed by atoms with Gasteiger partial charge < -0.3 is 4.90 Å². The Bertz CT molecular complexity index is 1530. The molecule has 0 saturated heterocycles. The van der Waals surface area contributed by atoms with Gasteiger partial charge in [-0.3, -0.25) is 14.2 Å². The molecule has 0 radical (unpaired) electrons. The van der Waals surface area contributed by atoms with Crippen molar-refractivity contribution in [2.24, 2.45) is 0 Å². The molecule has 0 unspecified atom stereocenters. The molecule has 1 amide bonds. The lowest BCUT2D eigenvalue weighted by atomic mass is 10.1. The molecule has 5 heteroatoms. The van der Waals surface area contributed by atoms with Gasteiger partial charge in [-0.25, -0.2) is 4.98 Å². The van der Waals surface area contributed by atoms with Crippen molar-refractivity contribution in [3.8, 4) is 5.69 Å². The molecule has 0 atom stereocenters. The molecule has 0 saturated carbocycles. The average Bonchev–Trinajstić information content (AvgIpc) is 2.83. The molecule has 32 heavy (non-hydrogen) atoms. The Balaban J connectivity index is 1.51. The summed E-state index contributed by atoms with van der Waals surface area (Å²) in [7, 11) is 1.78. The fourth-order valence-electron chi connectivity index (χ4n) is 4.10. The van der Waals surface area contributed by atoms with Gasteiger partial charge in [-0.05, 0) is 54.8 Å². The van der Waals surface area contributed by atoms with Crippen LogP contribution in [0.25, 0.3) is 27.4 Å². The minimum absolute atomic E-state index is 0.117. The number of hydrogen-bond acceptors (Lipinski definition) is 3. The first-order valence-corrected chi connectivity index (χ1v) is 10.4. The highest BCUT2D eigenvalue weighted by molar-refractivity contribution is 6.10. The summed E-state index contributed by atoms with van der Waals surface area (Å²) in [6.45, 7) is 1.81. The van der Waals surface area contributed by atoms with E-state index in [2.05, 4.69) is 4.98 Å². The van der Waals surface area contributed by atoms with Crippen molar-refractivity contribution < 1.29 is 4.79 Å². The maximum absolute atomic E-state index is 13.2. The van der Waals surface area contributed by atoms with E-state index in [1.807, 2.05) is 60.7 Å². The Morgan fingerprint density at radius 2 is 1.47 bits per heavy atom. The number of fused-ring (bicyclic) bond motifs is 2. The van der Waals surface area contributed by atoms with Gasteiger partial charge >= 0.3 is 0 Å². The van der Waals surface area contributed by atoms with E-state index in [1.165, 1.54) is 0 Å². The van der Waals surface area contributed by atoms with Crippen LogP contribution in [0.4, 0.5) is 5.69 Å². The topological polar surface area (TPSA) is 55.2 Å². The number of carbonyl (C=O) groups is 1. The van der Waals surface area contributed by atoms with Gasteiger partial charge in [0.1, 0.15) is 5.82 Å². The van der Waals surface area contributed by atoms with Crippen molar-refractivity contribution in [3.63, 3.8) is 0 Å². The molecule has 0 aliphatic rings. The van der Waals surface area contributed by atoms with Crippen molar-refractivity contribution in [2.45, 2.75) is 6.92 Å². The quantitative estimate of drug-likeness (QED) is 0.408. The van der Waals surface area contributed by atoms with E-state index in [-0.39, 0.29) is 11.5 Å². The third kappa shape index (κ3) is 3.24. The highest BCUT2D eigenvalue weighted by Crippen LogP contribution is 2.27. The number of benzene rings is 4. The minimum atomic E-state index is -0.125. The monoisotopic (exact) mass is 419 g/mol. The fraction of sp³-hybridized carbons (Fsp3) is 0.0741. The van der Waals surface area contributed by atoms with E-state index in [4.69, 9.17) is 0 Å². The molecule has 0 fully saturated rings. The second kappa shape index (κ2) is 7.78. The predicted octanol–water partition coefficient (Wildman–Crippen LogP) is 5.12. The summed E-state index contributed by atoms with van der Waals surface area (Å²) >= 11 is 0. The van der Waals surface area contributed by atoms with Gasteiger partial charge in [0.25, 0.3) is 11.5 Å². The fourth-order valence-corrected chi connectivity index (χ4v) is 4.10. The van der Waals surface area contributed by atoms with Gasteiger partial charge in [0, 0.05) is 18.0 Å². The molecule has 5 aromatic rings. The van der Waals surface area contributed by atoms with E-state index in [0.29, 0.717) is 28.0 Å². The van der Waals surface area contributed by atoms with Crippen molar-refractivity contribution in [3.05, 3.63) is 113 Å². The van der Waals surface area contributed by atoms with Crippen LogP contribution in [0.15, 0.2) is 95.8 Å². The second-order valence-corrected chi connectivity index (χ2v) is 7.73. The molecule has 0 spiro atoms. The zero-order valence-electron chi connectivity index (χ0n) is 17.8. The first-order chi connectivity index (χ1) is 15.5. The summed E-state index contributed by atoms with van der Waals surface area (Å²) in [5, 5.41) is 2.67. The SMILES string of the molecule is Cc1nc2ccccc2c(=O)n1-c1ccc(C(=O)N(C)c2cccc3ccccc23)cc1. The van der Waals surface area contributed by atoms with Crippen molar-refractivity contribution in [1.29, 1.82) is 0 Å². The van der Waals surface area contributed by atoms with E-state index in [1.54, 1.807) is 53.8 Å². The summed E-state index contributed by atoms with van der Waals surface area (Å²) in [6.07, 6.45) is 0. The molecule has 0 aliphatic heterocycles. The molecule has 0 bridgehead atoms. The Kier molecular flexibility index (Phi) is 4.79. The molecule has 0 aliphatic carbocycles. The smallest absolute Gasteiger partial charge is 0.265 e. The van der Waals surface area contributed by atoms with Crippen LogP contribution in [0.3, 0.4) is 0 Å². The predicted molar refractivity (Wildman–Crippen MR) is 129 cm³/mol. The molecule has 0 N–H and O–H groups in total. The number of aromatic nitrogens is 2. The molecule has 4 aromatic carbocycles. The van der Waals surface area contributed by atoms with Gasteiger partial charge in [-0.1, -0.05) is 48.5 Å². The van der Waals surface area contributed by atoms with Gasteiger partial charge in [0.2, 0.25) is 0 Å². The Morgan fingerprint density at radius 1 is 0.812 bits per heavy atom. The maximum atomic E-state index is 13.2. The lowest BCUT2D eigenvalue weighted by molar-refractivity contribution is 0.0993. The number of para-hydroxylation sites is 1. The summed E-state index contributed by atoms with van der Waals surface area (Å²) in [4.78, 5) is 32.4. The van der Waals surface area contributed by atoms with E-state index in [9.17, 15) is 9.59 Å². The van der Waals surface area contributed by atoms with E-state index >= 15 is 0 Å². The molecule has 5 nitrogen and oxygen atoms in total. The Morgan fingerprint density at radius 3 is 2.25 bits per heavy atom. The van der Waals surface area contributed by atoms with Crippen LogP contribution in [0, 0.1) is 6.92 Å². The van der Waals surface area contributed by atoms with E-state index < -0.39 is 0 Å². The Labute approximate surface area is 185 Å². The number of carbonyl (C=O) groups excluding carboxylic acids is 1. The van der Waals surface area contributed by atoms with Crippen LogP contribution >= 0.6 is 0 Å². The molecular weight excluding hydrogens is 398 g/mol. The lowest BCUT2D eigenvalue weighted by Gasteiger charge is -2.20. The van der Waals surface area contributed by atoms with Gasteiger partial charge in [0.15, 0.2) is 0 Å². The Hall–Kier alpha value is -4.25. The number of rotatable bonds is 3. The molecular formula is C27H21N3O2. The van der Waals surface area contributed by atoms with Gasteiger partial charge in [-0.15, -0.1) is 0 Å². The van der Waals surface area contributed by atoms with Crippen molar-refractivity contribution in [1.82, 2.24) is 9.55 Å². The number of aryl methyl sites for hydroxylation is 1. The first kappa shape index (κ1) is 19.7. The zero-order valence-corrected chi connectivity index (χ0v) is 17.8. The molecule has 5 rings (SSSR count). The third-order valence-corrected chi connectivity index (χ3v) is 5.75. The maximum Gasteiger partial charge on any atom is 0.265 e. The lowest BCUT2D eigenvalue weighted by Crippen LogP contribution is -2.26. The van der Waals surface area contributed by atoms with Crippen LogP contribution in [0.2, 0.25) is 0 Å². The highest BCUT2D eigenvalue weighted by Gasteiger charge is 2.16. The minimum Gasteiger partial charge on any atom is -0.311 e. The summed E-state index contributed by atoms with van der Waals surface area (Å²) in [5.41, 5.74) is 2.62. The number of hydrogen-bond donors (Lipinski definition) is 0. The second-order valence-electron chi connectivity index (χ2n) is 7.73. The van der Waals surface area contributed by atoms with Crippen LogP contribution in [0.5, 0.6) is 0 Å². The summed E-state index contributed by atoms with van der Waals surface area (Å²) in [5.74, 6) is 0.481. The first-order valence-electron chi connectivity index (χ1n) is 10.4. The summed E-state index contributed by atoms with van der Waals surface area (Å²) in [6, 6.07) is 28.3. The van der Waals surface area contributed by atoms with Crippen molar-refractivity contribution in [2.75, 3.05) is 11.9 Å². The number of amides is 1. The molecule has 1 heterocycles.